The van der Waals surface area contributed by atoms with Crippen molar-refractivity contribution in [2.24, 2.45) is 0 Å². The SMILES string of the molecule is CC(C)OCCCN1C(=O)C(Nc2cccc3ccccc23)=C(c2cccs2)C1=O. The van der Waals surface area contributed by atoms with Gasteiger partial charge in [0.2, 0.25) is 0 Å². The zero-order valence-corrected chi connectivity index (χ0v) is 17.9. The highest BCUT2D eigenvalue weighted by Gasteiger charge is 2.39. The van der Waals surface area contributed by atoms with Crippen LogP contribution in [0.25, 0.3) is 16.3 Å². The summed E-state index contributed by atoms with van der Waals surface area (Å²) in [5.74, 6) is -0.546. The lowest BCUT2D eigenvalue weighted by Gasteiger charge is -2.16. The van der Waals surface area contributed by atoms with Gasteiger partial charge >= 0.3 is 0 Å². The van der Waals surface area contributed by atoms with Gasteiger partial charge in [0.05, 0.1) is 11.7 Å². The molecule has 5 nitrogen and oxygen atoms in total. The van der Waals surface area contributed by atoms with E-state index in [2.05, 4.69) is 5.32 Å². The highest BCUT2D eigenvalue weighted by Crippen LogP contribution is 2.34. The maximum Gasteiger partial charge on any atom is 0.278 e. The average Bonchev–Trinajstić information content (AvgIpc) is 3.33. The fourth-order valence-corrected chi connectivity index (χ4v) is 4.32. The fourth-order valence-electron chi connectivity index (χ4n) is 3.56. The molecule has 0 aliphatic carbocycles. The highest BCUT2D eigenvalue weighted by molar-refractivity contribution is 7.11. The average molecular weight is 421 g/mol. The molecule has 154 valence electrons. The normalized spacial score (nSPS) is 14.4. The summed E-state index contributed by atoms with van der Waals surface area (Å²) in [5, 5.41) is 7.27. The molecule has 0 saturated carbocycles. The van der Waals surface area contributed by atoms with Crippen LogP contribution in [-0.4, -0.2) is 36.0 Å². The molecule has 0 unspecified atom stereocenters. The fraction of sp³-hybridized carbons (Fsp3) is 0.250. The van der Waals surface area contributed by atoms with Crippen molar-refractivity contribution in [3.05, 3.63) is 70.6 Å². The molecule has 3 aromatic rings. The lowest BCUT2D eigenvalue weighted by atomic mass is 10.1. The maximum atomic E-state index is 13.2. The summed E-state index contributed by atoms with van der Waals surface area (Å²) in [7, 11) is 0. The zero-order valence-electron chi connectivity index (χ0n) is 17.1. The summed E-state index contributed by atoms with van der Waals surface area (Å²) in [6.07, 6.45) is 0.730. The maximum absolute atomic E-state index is 13.2. The van der Waals surface area contributed by atoms with Gasteiger partial charge in [-0.3, -0.25) is 14.5 Å². The lowest BCUT2D eigenvalue weighted by molar-refractivity contribution is -0.137. The molecule has 2 aromatic carbocycles. The van der Waals surface area contributed by atoms with E-state index in [1.807, 2.05) is 73.8 Å². The molecule has 4 rings (SSSR count). The summed E-state index contributed by atoms with van der Waals surface area (Å²) in [6.45, 7) is 4.78. The highest BCUT2D eigenvalue weighted by atomic mass is 32.1. The Labute approximate surface area is 180 Å². The van der Waals surface area contributed by atoms with E-state index in [4.69, 9.17) is 4.74 Å². The number of ether oxygens (including phenoxy) is 1. The Kier molecular flexibility index (Phi) is 5.97. The summed E-state index contributed by atoms with van der Waals surface area (Å²) < 4.78 is 5.57. The molecule has 2 amide bonds. The number of nitrogens with zero attached hydrogens (tertiary/aromatic N) is 1. The Hall–Kier alpha value is -2.96. The van der Waals surface area contributed by atoms with E-state index < -0.39 is 0 Å². The van der Waals surface area contributed by atoms with Gasteiger partial charge in [-0.25, -0.2) is 0 Å². The van der Waals surface area contributed by atoms with Crippen molar-refractivity contribution < 1.29 is 14.3 Å². The van der Waals surface area contributed by atoms with Gasteiger partial charge in [-0.15, -0.1) is 11.3 Å². The number of thiophene rings is 1. The Morgan fingerprint density at radius 3 is 2.57 bits per heavy atom. The number of fused-ring (bicyclic) bond motifs is 1. The van der Waals surface area contributed by atoms with Crippen molar-refractivity contribution in [2.45, 2.75) is 26.4 Å². The number of hydrogen-bond acceptors (Lipinski definition) is 5. The molecule has 30 heavy (non-hydrogen) atoms. The van der Waals surface area contributed by atoms with Crippen LogP contribution in [0.5, 0.6) is 0 Å². The molecular formula is C24H24N2O3S. The molecule has 6 heteroatoms. The first-order valence-electron chi connectivity index (χ1n) is 10.1. The van der Waals surface area contributed by atoms with Crippen LogP contribution in [0.2, 0.25) is 0 Å². The second-order valence-electron chi connectivity index (χ2n) is 7.41. The van der Waals surface area contributed by atoms with Gasteiger partial charge in [-0.05, 0) is 43.2 Å². The molecule has 0 atom stereocenters. The minimum Gasteiger partial charge on any atom is -0.379 e. The first-order valence-corrected chi connectivity index (χ1v) is 10.9. The van der Waals surface area contributed by atoms with E-state index in [-0.39, 0.29) is 17.9 Å². The number of nitrogens with one attached hydrogen (secondary N) is 1. The van der Waals surface area contributed by atoms with Crippen LogP contribution in [-0.2, 0) is 14.3 Å². The summed E-state index contributed by atoms with van der Waals surface area (Å²) in [6, 6.07) is 17.6. The van der Waals surface area contributed by atoms with Crippen LogP contribution in [0.3, 0.4) is 0 Å². The van der Waals surface area contributed by atoms with Crippen LogP contribution < -0.4 is 5.32 Å². The molecule has 2 heterocycles. The van der Waals surface area contributed by atoms with Crippen molar-refractivity contribution in [1.82, 2.24) is 4.90 Å². The Morgan fingerprint density at radius 2 is 1.80 bits per heavy atom. The van der Waals surface area contributed by atoms with Gasteiger partial charge in [0.15, 0.2) is 0 Å². The molecule has 0 bridgehead atoms. The predicted molar refractivity (Wildman–Crippen MR) is 121 cm³/mol. The summed E-state index contributed by atoms with van der Waals surface area (Å²) in [5.41, 5.74) is 1.58. The van der Waals surface area contributed by atoms with Gasteiger partial charge in [-0.1, -0.05) is 42.5 Å². The van der Waals surface area contributed by atoms with Gasteiger partial charge in [0.1, 0.15) is 5.70 Å². The van der Waals surface area contributed by atoms with Gasteiger partial charge in [0.25, 0.3) is 11.8 Å². The van der Waals surface area contributed by atoms with Gasteiger partial charge in [-0.2, -0.15) is 0 Å². The number of carbonyl (C=O) groups excluding carboxylic acids is 2. The molecule has 1 aliphatic heterocycles. The van der Waals surface area contributed by atoms with E-state index in [0.29, 0.717) is 30.8 Å². The van der Waals surface area contributed by atoms with Crippen molar-refractivity contribution >= 4 is 45.2 Å². The zero-order chi connectivity index (χ0) is 21.1. The monoisotopic (exact) mass is 420 g/mol. The van der Waals surface area contributed by atoms with Crippen LogP contribution >= 0.6 is 11.3 Å². The van der Waals surface area contributed by atoms with Gasteiger partial charge < -0.3 is 10.1 Å². The summed E-state index contributed by atoms with van der Waals surface area (Å²) in [4.78, 5) is 28.5. The van der Waals surface area contributed by atoms with Crippen molar-refractivity contribution in [3.8, 4) is 0 Å². The van der Waals surface area contributed by atoms with Crippen LogP contribution in [0.1, 0.15) is 25.1 Å². The van der Waals surface area contributed by atoms with E-state index in [1.165, 1.54) is 16.2 Å². The van der Waals surface area contributed by atoms with Crippen LogP contribution in [0.4, 0.5) is 5.69 Å². The van der Waals surface area contributed by atoms with E-state index in [0.717, 1.165) is 21.3 Å². The first-order chi connectivity index (χ1) is 14.6. The number of carbonyl (C=O) groups is 2. The second kappa shape index (κ2) is 8.81. The number of hydrogen-bond donors (Lipinski definition) is 1. The van der Waals surface area contributed by atoms with Crippen molar-refractivity contribution in [2.75, 3.05) is 18.5 Å². The lowest BCUT2D eigenvalue weighted by Crippen LogP contribution is -2.34. The molecule has 0 saturated heterocycles. The first kappa shape index (κ1) is 20.3. The molecule has 1 aromatic heterocycles. The molecular weight excluding hydrogens is 396 g/mol. The third kappa shape index (κ3) is 4.01. The quantitative estimate of drug-likeness (QED) is 0.416. The predicted octanol–water partition coefficient (Wildman–Crippen LogP) is 4.91. The Balaban J connectivity index is 1.65. The van der Waals surface area contributed by atoms with Crippen LogP contribution in [0.15, 0.2) is 65.7 Å². The smallest absolute Gasteiger partial charge is 0.278 e. The number of benzene rings is 2. The number of rotatable bonds is 8. The molecule has 0 spiro atoms. The van der Waals surface area contributed by atoms with E-state index >= 15 is 0 Å². The van der Waals surface area contributed by atoms with Crippen LogP contribution in [0, 0.1) is 0 Å². The second-order valence-corrected chi connectivity index (χ2v) is 8.36. The number of amides is 2. The van der Waals surface area contributed by atoms with Gasteiger partial charge in [0, 0.05) is 29.1 Å². The van der Waals surface area contributed by atoms with Crippen molar-refractivity contribution in [1.29, 1.82) is 0 Å². The number of imide groups is 1. The van der Waals surface area contributed by atoms with E-state index in [9.17, 15) is 9.59 Å². The minimum absolute atomic E-state index is 0.123. The van der Waals surface area contributed by atoms with E-state index in [1.54, 1.807) is 0 Å². The third-order valence-corrected chi connectivity index (χ3v) is 5.85. The third-order valence-electron chi connectivity index (χ3n) is 4.96. The topological polar surface area (TPSA) is 58.6 Å². The minimum atomic E-state index is -0.291. The summed E-state index contributed by atoms with van der Waals surface area (Å²) >= 11 is 1.46. The Morgan fingerprint density at radius 1 is 1.00 bits per heavy atom. The molecule has 1 aliphatic rings. The molecule has 0 fully saturated rings. The standard InChI is InChI=1S/C24H24N2O3S/c1-16(2)29-14-7-13-26-23(27)21(20-12-6-15-30-20)22(24(26)28)25-19-11-5-9-17-8-3-4-10-18(17)19/h3-6,8-12,15-16,25H,7,13-14H2,1-2H3. The molecule has 0 radical (unpaired) electrons. The van der Waals surface area contributed by atoms with Crippen molar-refractivity contribution in [3.63, 3.8) is 0 Å². The Bertz CT molecular complexity index is 1100. The molecule has 1 N–H and O–H groups in total. The largest absolute Gasteiger partial charge is 0.379 e. The number of anilines is 1.